The molecule has 0 fully saturated rings. The van der Waals surface area contributed by atoms with Crippen molar-refractivity contribution in [2.45, 2.75) is 33.2 Å². The Morgan fingerprint density at radius 2 is 1.88 bits per heavy atom. The molecule has 1 aromatic heterocycles. The number of hydrogen-bond donors (Lipinski definition) is 0. The van der Waals surface area contributed by atoms with Gasteiger partial charge in [-0.25, -0.2) is 0 Å². The van der Waals surface area contributed by atoms with Gasteiger partial charge in [-0.05, 0) is 25.5 Å². The van der Waals surface area contributed by atoms with E-state index in [1.165, 1.54) is 0 Å². The van der Waals surface area contributed by atoms with Crippen LogP contribution in [0.4, 0.5) is 0 Å². The molecule has 0 spiro atoms. The molecule has 7 nitrogen and oxygen atoms in total. The molecule has 0 aromatic carbocycles. The van der Waals surface area contributed by atoms with Crippen LogP contribution in [-0.2, 0) is 32.7 Å². The Balaban J connectivity index is 2.72. The molecule has 0 aliphatic heterocycles. The molecule has 0 aliphatic carbocycles. The van der Waals surface area contributed by atoms with Gasteiger partial charge in [-0.3, -0.25) is 9.59 Å². The fourth-order valence-corrected chi connectivity index (χ4v) is 2.63. The van der Waals surface area contributed by atoms with Crippen LogP contribution >= 0.6 is 0 Å². The summed E-state index contributed by atoms with van der Waals surface area (Å²) >= 11 is 0. The number of aryl methyl sites for hydroxylation is 1. The van der Waals surface area contributed by atoms with E-state index in [0.717, 1.165) is 12.1 Å². The number of carbonyl (C=O) groups excluding carboxylic acids is 2. The van der Waals surface area contributed by atoms with E-state index in [1.54, 1.807) is 16.9 Å². The molecule has 1 heterocycles. The molecule has 0 atom stereocenters. The van der Waals surface area contributed by atoms with E-state index in [2.05, 4.69) is 0 Å². The lowest BCUT2D eigenvalue weighted by Crippen LogP contribution is -2.44. The summed E-state index contributed by atoms with van der Waals surface area (Å²) in [6.45, 7) is 7.07. The van der Waals surface area contributed by atoms with Crippen molar-refractivity contribution in [2.24, 2.45) is 7.05 Å². The van der Waals surface area contributed by atoms with Crippen molar-refractivity contribution in [2.75, 3.05) is 46.6 Å². The number of hydrogen-bond acceptors (Lipinski definition) is 4. The predicted molar refractivity (Wildman–Crippen MR) is 101 cm³/mol. The first-order valence-electron chi connectivity index (χ1n) is 9.25. The van der Waals surface area contributed by atoms with Gasteiger partial charge in [-0.2, -0.15) is 0 Å². The third-order valence-corrected chi connectivity index (χ3v) is 4.22. The van der Waals surface area contributed by atoms with E-state index in [9.17, 15) is 9.59 Å². The van der Waals surface area contributed by atoms with Crippen molar-refractivity contribution < 1.29 is 19.1 Å². The molecule has 1 rings (SSSR count). The van der Waals surface area contributed by atoms with Crippen LogP contribution in [0.3, 0.4) is 0 Å². The Hall–Kier alpha value is -1.86. The summed E-state index contributed by atoms with van der Waals surface area (Å²) in [5.74, 6) is -0.0816. The summed E-state index contributed by atoms with van der Waals surface area (Å²) in [6, 6.07) is 3.94. The average Bonchev–Trinajstić information content (AvgIpc) is 3.04. The van der Waals surface area contributed by atoms with Crippen LogP contribution in [0.15, 0.2) is 18.3 Å². The number of nitrogens with zero attached hydrogens (tertiary/aromatic N) is 3. The molecule has 0 N–H and O–H groups in total. The minimum atomic E-state index is -0.0681. The van der Waals surface area contributed by atoms with Crippen molar-refractivity contribution in [3.63, 3.8) is 0 Å². The zero-order valence-corrected chi connectivity index (χ0v) is 16.6. The number of rotatable bonds is 13. The lowest BCUT2D eigenvalue weighted by Gasteiger charge is -2.27. The minimum Gasteiger partial charge on any atom is -0.383 e. The normalized spacial score (nSPS) is 10.8. The summed E-state index contributed by atoms with van der Waals surface area (Å²) in [5.41, 5.74) is 1.04. The van der Waals surface area contributed by atoms with Crippen molar-refractivity contribution in [1.82, 2.24) is 14.4 Å². The SMILES string of the molecule is CCOCCCN(CC(=O)N(CCOC)Cc1cccn1C)C(=O)CC. The molecule has 2 amide bonds. The minimum absolute atomic E-state index is 0.0135. The number of aromatic nitrogens is 1. The summed E-state index contributed by atoms with van der Waals surface area (Å²) in [5, 5.41) is 0. The highest BCUT2D eigenvalue weighted by molar-refractivity contribution is 5.84. The van der Waals surface area contributed by atoms with E-state index < -0.39 is 0 Å². The fourth-order valence-electron chi connectivity index (χ4n) is 2.63. The topological polar surface area (TPSA) is 64.0 Å². The Morgan fingerprint density at radius 1 is 1.12 bits per heavy atom. The van der Waals surface area contributed by atoms with Gasteiger partial charge in [0.05, 0.1) is 19.7 Å². The van der Waals surface area contributed by atoms with Gasteiger partial charge in [0.2, 0.25) is 11.8 Å². The van der Waals surface area contributed by atoms with Crippen molar-refractivity contribution >= 4 is 11.8 Å². The van der Waals surface area contributed by atoms with Crippen molar-refractivity contribution in [3.8, 4) is 0 Å². The van der Waals surface area contributed by atoms with Gasteiger partial charge in [-0.1, -0.05) is 6.92 Å². The summed E-state index contributed by atoms with van der Waals surface area (Å²) in [4.78, 5) is 28.4. The molecule has 0 aliphatic rings. The third kappa shape index (κ3) is 7.58. The Kier molecular flexibility index (Phi) is 10.7. The van der Waals surface area contributed by atoms with Crippen molar-refractivity contribution in [3.05, 3.63) is 24.0 Å². The molecular weight excluding hydrogens is 334 g/mol. The zero-order chi connectivity index (χ0) is 19.4. The smallest absolute Gasteiger partial charge is 0.242 e. The maximum atomic E-state index is 12.8. The molecular formula is C19H33N3O4. The van der Waals surface area contributed by atoms with Crippen LogP contribution < -0.4 is 0 Å². The standard InChI is InChI=1S/C19H33N3O4/c1-5-18(23)21(11-8-13-26-6-2)16-19(24)22(12-14-25-4)15-17-9-7-10-20(17)3/h7,9-10H,5-6,8,11-16H2,1-4H3. The maximum absolute atomic E-state index is 12.8. The van der Waals surface area contributed by atoms with E-state index >= 15 is 0 Å². The third-order valence-electron chi connectivity index (χ3n) is 4.22. The van der Waals surface area contributed by atoms with Crippen LogP contribution in [0.5, 0.6) is 0 Å². The van der Waals surface area contributed by atoms with Gasteiger partial charge >= 0.3 is 0 Å². The molecule has 1 aromatic rings. The molecule has 0 bridgehead atoms. The van der Waals surface area contributed by atoms with E-state index in [1.807, 2.05) is 43.8 Å². The van der Waals surface area contributed by atoms with Crippen LogP contribution in [0.2, 0.25) is 0 Å². The number of amides is 2. The lowest BCUT2D eigenvalue weighted by atomic mass is 10.3. The molecule has 26 heavy (non-hydrogen) atoms. The van der Waals surface area contributed by atoms with Gasteiger partial charge < -0.3 is 23.8 Å². The number of methoxy groups -OCH3 is 1. The zero-order valence-electron chi connectivity index (χ0n) is 16.6. The highest BCUT2D eigenvalue weighted by atomic mass is 16.5. The fraction of sp³-hybridized carbons (Fsp3) is 0.684. The van der Waals surface area contributed by atoms with Gasteiger partial charge in [0.1, 0.15) is 0 Å². The maximum Gasteiger partial charge on any atom is 0.242 e. The quantitative estimate of drug-likeness (QED) is 0.498. The molecule has 0 radical (unpaired) electrons. The molecule has 148 valence electrons. The predicted octanol–water partition coefficient (Wildman–Crippen LogP) is 1.67. The van der Waals surface area contributed by atoms with Crippen LogP contribution in [0.1, 0.15) is 32.4 Å². The first-order chi connectivity index (χ1) is 12.5. The Labute approximate surface area is 156 Å². The van der Waals surface area contributed by atoms with Gasteiger partial charge in [-0.15, -0.1) is 0 Å². The first kappa shape index (κ1) is 22.2. The Bertz CT molecular complexity index is 545. The lowest BCUT2D eigenvalue weighted by molar-refractivity contribution is -0.141. The van der Waals surface area contributed by atoms with E-state index in [-0.39, 0.29) is 18.4 Å². The summed E-state index contributed by atoms with van der Waals surface area (Å²) < 4.78 is 12.5. The second-order valence-corrected chi connectivity index (χ2v) is 6.14. The highest BCUT2D eigenvalue weighted by Gasteiger charge is 2.21. The largest absolute Gasteiger partial charge is 0.383 e. The summed E-state index contributed by atoms with van der Waals surface area (Å²) in [6.07, 6.45) is 3.06. The number of ether oxygens (including phenoxy) is 2. The van der Waals surface area contributed by atoms with Crippen LogP contribution in [0.25, 0.3) is 0 Å². The monoisotopic (exact) mass is 367 g/mol. The molecule has 0 saturated carbocycles. The Morgan fingerprint density at radius 3 is 2.46 bits per heavy atom. The molecule has 0 saturated heterocycles. The van der Waals surface area contributed by atoms with E-state index in [0.29, 0.717) is 45.9 Å². The summed E-state index contributed by atoms with van der Waals surface area (Å²) in [7, 11) is 3.57. The first-order valence-corrected chi connectivity index (χ1v) is 9.25. The van der Waals surface area contributed by atoms with Gasteiger partial charge in [0, 0.05) is 58.8 Å². The highest BCUT2D eigenvalue weighted by Crippen LogP contribution is 2.07. The van der Waals surface area contributed by atoms with E-state index in [4.69, 9.17) is 9.47 Å². The average molecular weight is 367 g/mol. The van der Waals surface area contributed by atoms with Crippen LogP contribution in [-0.4, -0.2) is 72.7 Å². The van der Waals surface area contributed by atoms with Gasteiger partial charge in [0.15, 0.2) is 0 Å². The second kappa shape index (κ2) is 12.5. The van der Waals surface area contributed by atoms with Gasteiger partial charge in [0.25, 0.3) is 0 Å². The molecule has 7 heteroatoms. The second-order valence-electron chi connectivity index (χ2n) is 6.14. The number of carbonyl (C=O) groups is 2. The van der Waals surface area contributed by atoms with Crippen LogP contribution in [0, 0.1) is 0 Å². The van der Waals surface area contributed by atoms with Crippen molar-refractivity contribution in [1.29, 1.82) is 0 Å². The molecule has 0 unspecified atom stereocenters.